The van der Waals surface area contributed by atoms with Gasteiger partial charge in [0.25, 0.3) is 0 Å². The first-order valence-electron chi connectivity index (χ1n) is 7.38. The number of rotatable bonds is 2. The number of carbonyl (C=O) groups is 1. The summed E-state index contributed by atoms with van der Waals surface area (Å²) in [5.74, 6) is -0.468. The average molecular weight is 347 g/mol. The van der Waals surface area contributed by atoms with Crippen LogP contribution in [0.25, 0.3) is 0 Å². The number of methoxy groups -OCH3 is 1. The molecule has 1 aliphatic heterocycles. The highest BCUT2D eigenvalue weighted by atomic mass is 35.5. The zero-order valence-corrected chi connectivity index (χ0v) is 13.7. The normalized spacial score (nSPS) is 20.4. The number of phenolic OH excluding ortho intramolecular Hbond substituents is 1. The standard InChI is InChI=1S/C17H15ClN2O4/c1-23-12-6-5-8(15(18)16(12)22)13-9(7-19)17(20)24-11-4-2-3-10(21)14(11)13/h5-6,13,22H,2-4,20H2,1H3/t13-/m0/s1. The van der Waals surface area contributed by atoms with Crippen molar-refractivity contribution < 1.29 is 19.4 Å². The van der Waals surface area contributed by atoms with Crippen molar-refractivity contribution in [3.8, 4) is 17.6 Å². The first-order chi connectivity index (χ1) is 11.5. The Morgan fingerprint density at radius 1 is 1.46 bits per heavy atom. The van der Waals surface area contributed by atoms with Crippen molar-refractivity contribution in [1.29, 1.82) is 5.26 Å². The van der Waals surface area contributed by atoms with Gasteiger partial charge >= 0.3 is 0 Å². The average Bonchev–Trinajstić information content (AvgIpc) is 2.56. The third kappa shape index (κ3) is 2.38. The summed E-state index contributed by atoms with van der Waals surface area (Å²) < 4.78 is 10.5. The summed E-state index contributed by atoms with van der Waals surface area (Å²) >= 11 is 6.28. The topological polar surface area (TPSA) is 106 Å². The van der Waals surface area contributed by atoms with Gasteiger partial charge in [0.2, 0.25) is 5.88 Å². The maximum absolute atomic E-state index is 12.5. The summed E-state index contributed by atoms with van der Waals surface area (Å²) in [7, 11) is 1.41. The molecule has 0 unspecified atom stereocenters. The van der Waals surface area contributed by atoms with Gasteiger partial charge in [-0.3, -0.25) is 4.79 Å². The minimum atomic E-state index is -0.754. The lowest BCUT2D eigenvalue weighted by molar-refractivity contribution is -0.116. The van der Waals surface area contributed by atoms with Crippen molar-refractivity contribution in [2.24, 2.45) is 5.73 Å². The first-order valence-corrected chi connectivity index (χ1v) is 7.76. The molecule has 1 aliphatic carbocycles. The lowest BCUT2D eigenvalue weighted by atomic mass is 9.77. The third-order valence-electron chi connectivity index (χ3n) is 4.24. The van der Waals surface area contributed by atoms with Gasteiger partial charge in [0.1, 0.15) is 17.4 Å². The number of benzene rings is 1. The molecule has 1 atom stereocenters. The Balaban J connectivity index is 2.24. The molecule has 2 aliphatic rings. The largest absolute Gasteiger partial charge is 0.503 e. The van der Waals surface area contributed by atoms with Gasteiger partial charge in [0.05, 0.1) is 18.1 Å². The summed E-state index contributed by atoms with van der Waals surface area (Å²) in [5.41, 5.74) is 6.78. The molecule has 0 saturated carbocycles. The first kappa shape index (κ1) is 16.2. The number of carbonyl (C=O) groups excluding carboxylic acids is 1. The molecule has 0 spiro atoms. The molecular weight excluding hydrogens is 332 g/mol. The lowest BCUT2D eigenvalue weighted by Crippen LogP contribution is -2.27. The van der Waals surface area contributed by atoms with Crippen LogP contribution in [0, 0.1) is 11.3 Å². The molecule has 1 heterocycles. The van der Waals surface area contributed by atoms with E-state index >= 15 is 0 Å². The van der Waals surface area contributed by atoms with E-state index in [0.29, 0.717) is 36.2 Å². The van der Waals surface area contributed by atoms with Gasteiger partial charge in [-0.2, -0.15) is 5.26 Å². The summed E-state index contributed by atoms with van der Waals surface area (Å²) in [6.45, 7) is 0. The molecule has 3 N–H and O–H groups in total. The number of Topliss-reactive ketones (excluding diaryl/α,β-unsaturated/α-hetero) is 1. The van der Waals surface area contributed by atoms with Crippen LogP contribution in [0.3, 0.4) is 0 Å². The maximum atomic E-state index is 12.5. The van der Waals surface area contributed by atoms with Gasteiger partial charge < -0.3 is 20.3 Å². The van der Waals surface area contributed by atoms with Gasteiger partial charge in [-0.25, -0.2) is 0 Å². The highest BCUT2D eigenvalue weighted by Gasteiger charge is 2.39. The lowest BCUT2D eigenvalue weighted by Gasteiger charge is -2.31. The van der Waals surface area contributed by atoms with Gasteiger partial charge in [0.15, 0.2) is 17.3 Å². The Morgan fingerprint density at radius 2 is 2.21 bits per heavy atom. The molecule has 0 bridgehead atoms. The van der Waals surface area contributed by atoms with Crippen molar-refractivity contribution in [2.75, 3.05) is 7.11 Å². The number of phenols is 1. The van der Waals surface area contributed by atoms with E-state index < -0.39 is 5.92 Å². The molecule has 3 rings (SSSR count). The molecule has 0 aromatic heterocycles. The monoisotopic (exact) mass is 346 g/mol. The number of aromatic hydroxyl groups is 1. The SMILES string of the molecule is COc1ccc([C@H]2C(C#N)=C(N)OC3=C2C(=O)CCC3)c(Cl)c1O. The van der Waals surface area contributed by atoms with Crippen LogP contribution in [0.5, 0.6) is 11.5 Å². The van der Waals surface area contributed by atoms with E-state index in [4.69, 9.17) is 26.8 Å². The molecule has 0 amide bonds. The molecule has 1 aromatic rings. The zero-order valence-electron chi connectivity index (χ0n) is 12.9. The number of halogens is 1. The highest BCUT2D eigenvalue weighted by Crippen LogP contribution is 2.48. The number of nitrogens with zero attached hydrogens (tertiary/aromatic N) is 1. The summed E-state index contributed by atoms with van der Waals surface area (Å²) in [4.78, 5) is 12.5. The van der Waals surface area contributed by atoms with E-state index in [9.17, 15) is 15.2 Å². The maximum Gasteiger partial charge on any atom is 0.205 e. The fourth-order valence-corrected chi connectivity index (χ4v) is 3.38. The molecule has 0 radical (unpaired) electrons. The Bertz CT molecular complexity index is 836. The smallest absolute Gasteiger partial charge is 0.205 e. The van der Waals surface area contributed by atoms with E-state index in [0.717, 1.165) is 0 Å². The van der Waals surface area contributed by atoms with Gasteiger partial charge in [-0.1, -0.05) is 17.7 Å². The quantitative estimate of drug-likeness (QED) is 0.852. The Hall–Kier alpha value is -2.65. The second kappa shape index (κ2) is 6.10. The molecule has 6 nitrogen and oxygen atoms in total. The van der Waals surface area contributed by atoms with E-state index in [-0.39, 0.29) is 33.8 Å². The van der Waals surface area contributed by atoms with E-state index in [1.165, 1.54) is 13.2 Å². The highest BCUT2D eigenvalue weighted by molar-refractivity contribution is 6.33. The number of nitrogens with two attached hydrogens (primary N) is 1. The third-order valence-corrected chi connectivity index (χ3v) is 4.64. The molecule has 124 valence electrons. The van der Waals surface area contributed by atoms with Crippen LogP contribution in [-0.2, 0) is 9.53 Å². The van der Waals surface area contributed by atoms with E-state index in [1.807, 2.05) is 6.07 Å². The minimum absolute atomic E-state index is 0.0204. The van der Waals surface area contributed by atoms with Crippen molar-refractivity contribution in [1.82, 2.24) is 0 Å². The summed E-state index contributed by atoms with van der Waals surface area (Å²) in [6.07, 6.45) is 1.61. The number of ketones is 1. The van der Waals surface area contributed by atoms with Gasteiger partial charge in [-0.05, 0) is 18.1 Å². The zero-order chi connectivity index (χ0) is 17.4. The molecule has 7 heteroatoms. The van der Waals surface area contributed by atoms with Crippen LogP contribution in [0.1, 0.15) is 30.7 Å². The fourth-order valence-electron chi connectivity index (χ4n) is 3.12. The second-order valence-corrected chi connectivity index (χ2v) is 5.94. The number of ether oxygens (including phenoxy) is 2. The van der Waals surface area contributed by atoms with Crippen LogP contribution in [-0.4, -0.2) is 18.0 Å². The van der Waals surface area contributed by atoms with Crippen molar-refractivity contribution in [3.05, 3.63) is 45.5 Å². The number of nitriles is 1. The fraction of sp³-hybridized carbons (Fsp3) is 0.294. The molecule has 1 aromatic carbocycles. The molecule has 24 heavy (non-hydrogen) atoms. The second-order valence-electron chi connectivity index (χ2n) is 5.56. The van der Waals surface area contributed by atoms with Crippen LogP contribution >= 0.6 is 11.6 Å². The van der Waals surface area contributed by atoms with Crippen LogP contribution in [0.15, 0.2) is 34.9 Å². The van der Waals surface area contributed by atoms with Crippen molar-refractivity contribution in [3.63, 3.8) is 0 Å². The van der Waals surface area contributed by atoms with Crippen molar-refractivity contribution >= 4 is 17.4 Å². The van der Waals surface area contributed by atoms with Gasteiger partial charge in [-0.15, -0.1) is 0 Å². The predicted molar refractivity (Wildman–Crippen MR) is 86.2 cm³/mol. The van der Waals surface area contributed by atoms with Crippen molar-refractivity contribution in [2.45, 2.75) is 25.2 Å². The number of hydrogen-bond acceptors (Lipinski definition) is 6. The van der Waals surface area contributed by atoms with E-state index in [1.54, 1.807) is 6.07 Å². The Morgan fingerprint density at radius 3 is 2.88 bits per heavy atom. The number of hydrogen-bond donors (Lipinski definition) is 2. The van der Waals surface area contributed by atoms with Crippen LogP contribution < -0.4 is 10.5 Å². The minimum Gasteiger partial charge on any atom is -0.503 e. The summed E-state index contributed by atoms with van der Waals surface area (Å²) in [6, 6.07) is 5.15. The van der Waals surface area contributed by atoms with E-state index in [2.05, 4.69) is 0 Å². The summed E-state index contributed by atoms with van der Waals surface area (Å²) in [5, 5.41) is 19.7. The van der Waals surface area contributed by atoms with Crippen LogP contribution in [0.4, 0.5) is 0 Å². The van der Waals surface area contributed by atoms with Gasteiger partial charge in [0, 0.05) is 18.4 Å². The number of allylic oxidation sites excluding steroid dienone is 3. The predicted octanol–water partition coefficient (Wildman–Crippen LogP) is 2.87. The molecule has 0 saturated heterocycles. The Kier molecular flexibility index (Phi) is 4.12. The molecule has 0 fully saturated rings. The van der Waals surface area contributed by atoms with Crippen LogP contribution in [0.2, 0.25) is 5.02 Å². The molecular formula is C17H15ClN2O4. The Labute approximate surface area is 143 Å².